The van der Waals surface area contributed by atoms with Crippen LogP contribution in [-0.2, 0) is 4.74 Å². The lowest BCUT2D eigenvalue weighted by atomic mass is 9.94. The highest BCUT2D eigenvalue weighted by molar-refractivity contribution is 5.68. The molecule has 0 unspecified atom stereocenters. The van der Waals surface area contributed by atoms with E-state index < -0.39 is 30.4 Å². The number of nitrogens with one attached hydrogen (secondary N) is 1. The first kappa shape index (κ1) is 19.9. The molecule has 0 aromatic carbocycles. The van der Waals surface area contributed by atoms with E-state index in [2.05, 4.69) is 4.74 Å². The summed E-state index contributed by atoms with van der Waals surface area (Å²) in [6.45, 7) is 2.40. The van der Waals surface area contributed by atoms with E-state index in [1.807, 2.05) is 6.92 Å². The fraction of sp³-hybridized carbons (Fsp3) is 0.917. The molecule has 0 radical (unpaired) electrons. The van der Waals surface area contributed by atoms with Gasteiger partial charge < -0.3 is 4.74 Å². The van der Waals surface area contributed by atoms with Gasteiger partial charge >= 0.3 is 18.4 Å². The molecule has 0 aromatic rings. The number of rotatable bonds is 7. The van der Waals surface area contributed by atoms with Crippen molar-refractivity contribution in [3.63, 3.8) is 0 Å². The van der Waals surface area contributed by atoms with E-state index in [1.54, 1.807) is 0 Å². The Morgan fingerprint density at radius 2 is 1.48 bits per heavy atom. The first-order valence-electron chi connectivity index (χ1n) is 6.60. The number of carbonyl (C=O) groups excluding carboxylic acids is 1. The van der Waals surface area contributed by atoms with Gasteiger partial charge in [0.05, 0.1) is 6.61 Å². The third kappa shape index (κ3) is 5.28. The second-order valence-corrected chi connectivity index (χ2v) is 4.58. The molecule has 0 aliphatic carbocycles. The molecular formula is C12H19F6NO2. The van der Waals surface area contributed by atoms with Gasteiger partial charge in [0.15, 0.2) is 0 Å². The normalized spacial score (nSPS) is 13.1. The van der Waals surface area contributed by atoms with Crippen LogP contribution in [0.4, 0.5) is 31.1 Å². The quantitative estimate of drug-likeness (QED) is 0.551. The molecule has 0 atom stereocenters. The van der Waals surface area contributed by atoms with Gasteiger partial charge in [0.2, 0.25) is 5.54 Å². The average Bonchev–Trinajstić information content (AvgIpc) is 2.32. The molecule has 0 aliphatic heterocycles. The van der Waals surface area contributed by atoms with Gasteiger partial charge in [-0.25, -0.2) is 4.79 Å². The van der Waals surface area contributed by atoms with Crippen LogP contribution in [-0.4, -0.2) is 30.6 Å². The molecule has 9 heteroatoms. The molecular weight excluding hydrogens is 304 g/mol. The third-order valence-electron chi connectivity index (χ3n) is 3.04. The molecule has 0 heterocycles. The first-order chi connectivity index (χ1) is 9.52. The summed E-state index contributed by atoms with van der Waals surface area (Å²) in [5.41, 5.74) is -4.29. The van der Waals surface area contributed by atoms with Gasteiger partial charge in [-0.3, -0.25) is 5.32 Å². The summed E-state index contributed by atoms with van der Waals surface area (Å²) in [5, 5.41) is 0.940. The summed E-state index contributed by atoms with van der Waals surface area (Å²) in [6.07, 6.45) is -11.6. The molecule has 126 valence electrons. The van der Waals surface area contributed by atoms with Crippen LogP contribution in [0.2, 0.25) is 0 Å². The first-order valence-corrected chi connectivity index (χ1v) is 6.60. The molecule has 0 spiro atoms. The van der Waals surface area contributed by atoms with Gasteiger partial charge in [0.25, 0.3) is 0 Å². The molecule has 1 N–H and O–H groups in total. The predicted molar refractivity (Wildman–Crippen MR) is 63.8 cm³/mol. The predicted octanol–water partition coefficient (Wildman–Crippen LogP) is 4.57. The van der Waals surface area contributed by atoms with Crippen molar-refractivity contribution in [3.05, 3.63) is 0 Å². The minimum Gasteiger partial charge on any atom is -0.450 e. The molecule has 1 amide bonds. The Hall–Kier alpha value is -1.15. The highest BCUT2D eigenvalue weighted by Gasteiger charge is 2.70. The lowest BCUT2D eigenvalue weighted by Crippen LogP contribution is -2.67. The average molecular weight is 323 g/mol. The van der Waals surface area contributed by atoms with Crippen molar-refractivity contribution in [1.82, 2.24) is 5.32 Å². The number of carbonyl (C=O) groups is 1. The smallest absolute Gasteiger partial charge is 0.420 e. The van der Waals surface area contributed by atoms with Gasteiger partial charge in [-0.15, -0.1) is 0 Å². The Morgan fingerprint density at radius 1 is 0.952 bits per heavy atom. The van der Waals surface area contributed by atoms with Crippen LogP contribution in [0.3, 0.4) is 0 Å². The fourth-order valence-corrected chi connectivity index (χ4v) is 1.70. The van der Waals surface area contributed by atoms with Crippen LogP contribution in [0.5, 0.6) is 0 Å². The van der Waals surface area contributed by atoms with Crippen LogP contribution in [0.15, 0.2) is 0 Å². The number of amides is 1. The van der Waals surface area contributed by atoms with Crippen molar-refractivity contribution < 1.29 is 35.9 Å². The summed E-state index contributed by atoms with van der Waals surface area (Å²) in [4.78, 5) is 11.2. The molecule has 0 aromatic heterocycles. The molecule has 0 bridgehead atoms. The van der Waals surface area contributed by atoms with Gasteiger partial charge in [-0.1, -0.05) is 33.1 Å². The number of ether oxygens (including phenoxy) is 1. The van der Waals surface area contributed by atoms with Crippen LogP contribution in [0.1, 0.15) is 46.0 Å². The molecule has 0 rings (SSSR count). The number of alkyl halides is 6. The summed E-state index contributed by atoms with van der Waals surface area (Å²) in [5.74, 6) is 0. The molecule has 0 saturated heterocycles. The number of alkyl carbamates (subject to hydrolysis) is 1. The molecule has 0 fully saturated rings. The number of unbranched alkanes of at least 4 members (excludes halogenated alkanes) is 3. The highest BCUT2D eigenvalue weighted by atomic mass is 19.4. The Bertz CT molecular complexity index is 313. The minimum atomic E-state index is -5.67. The van der Waals surface area contributed by atoms with E-state index in [1.165, 1.54) is 0 Å². The van der Waals surface area contributed by atoms with Crippen molar-refractivity contribution >= 4 is 6.09 Å². The molecule has 0 saturated carbocycles. The maximum atomic E-state index is 12.7. The Balaban J connectivity index is 4.74. The largest absolute Gasteiger partial charge is 0.450 e. The molecule has 0 aliphatic rings. The van der Waals surface area contributed by atoms with Crippen LogP contribution >= 0.6 is 0 Å². The van der Waals surface area contributed by atoms with E-state index >= 15 is 0 Å². The number of halogens is 6. The van der Waals surface area contributed by atoms with Gasteiger partial charge in [0, 0.05) is 0 Å². The van der Waals surface area contributed by atoms with E-state index in [4.69, 9.17) is 0 Å². The van der Waals surface area contributed by atoms with E-state index in [9.17, 15) is 31.1 Å². The van der Waals surface area contributed by atoms with Crippen LogP contribution < -0.4 is 5.32 Å². The number of hydrogen-bond donors (Lipinski definition) is 1. The lowest BCUT2D eigenvalue weighted by Gasteiger charge is -2.36. The summed E-state index contributed by atoms with van der Waals surface area (Å²) in [7, 11) is 0. The standard InChI is InChI=1S/C12H19F6NO2/c1-3-5-6-7-8-21-9(20)19-10(4-2,11(13,14)15)12(16,17)18/h3-8H2,1-2H3,(H,19,20). The fourth-order valence-electron chi connectivity index (χ4n) is 1.70. The molecule has 3 nitrogen and oxygen atoms in total. The minimum absolute atomic E-state index is 0.221. The summed E-state index contributed by atoms with van der Waals surface area (Å²) < 4.78 is 80.8. The van der Waals surface area contributed by atoms with Gasteiger partial charge in [-0.05, 0) is 12.8 Å². The van der Waals surface area contributed by atoms with Gasteiger partial charge in [0.1, 0.15) is 0 Å². The second kappa shape index (κ2) is 7.74. The van der Waals surface area contributed by atoms with Crippen molar-refractivity contribution in [2.75, 3.05) is 6.61 Å². The second-order valence-electron chi connectivity index (χ2n) is 4.58. The van der Waals surface area contributed by atoms with Crippen molar-refractivity contribution in [3.8, 4) is 0 Å². The number of hydrogen-bond acceptors (Lipinski definition) is 2. The Labute approximate surface area is 119 Å². The Morgan fingerprint density at radius 3 is 1.86 bits per heavy atom. The third-order valence-corrected chi connectivity index (χ3v) is 3.04. The van der Waals surface area contributed by atoms with E-state index in [-0.39, 0.29) is 6.61 Å². The summed E-state index contributed by atoms with van der Waals surface area (Å²) >= 11 is 0. The van der Waals surface area contributed by atoms with E-state index in [0.29, 0.717) is 19.8 Å². The highest BCUT2D eigenvalue weighted by Crippen LogP contribution is 2.45. The summed E-state index contributed by atoms with van der Waals surface area (Å²) in [6, 6.07) is 0. The Kier molecular flexibility index (Phi) is 7.32. The zero-order valence-electron chi connectivity index (χ0n) is 11.8. The zero-order chi connectivity index (χ0) is 16.7. The SMILES string of the molecule is CCCCCCOC(=O)NC(CC)(C(F)(F)F)C(F)(F)F. The maximum absolute atomic E-state index is 12.7. The lowest BCUT2D eigenvalue weighted by molar-refractivity contribution is -0.305. The van der Waals surface area contributed by atoms with Crippen molar-refractivity contribution in [2.45, 2.75) is 63.8 Å². The van der Waals surface area contributed by atoms with Crippen LogP contribution in [0, 0.1) is 0 Å². The van der Waals surface area contributed by atoms with Gasteiger partial charge in [-0.2, -0.15) is 26.3 Å². The van der Waals surface area contributed by atoms with E-state index in [0.717, 1.165) is 18.2 Å². The van der Waals surface area contributed by atoms with Crippen LogP contribution in [0.25, 0.3) is 0 Å². The van der Waals surface area contributed by atoms with Crippen molar-refractivity contribution in [1.29, 1.82) is 0 Å². The van der Waals surface area contributed by atoms with Crippen molar-refractivity contribution in [2.24, 2.45) is 0 Å². The maximum Gasteiger partial charge on any atom is 0.420 e. The topological polar surface area (TPSA) is 38.3 Å². The monoisotopic (exact) mass is 323 g/mol. The zero-order valence-corrected chi connectivity index (χ0v) is 11.8. The molecule has 21 heavy (non-hydrogen) atoms.